The van der Waals surface area contributed by atoms with Crippen molar-refractivity contribution in [2.75, 3.05) is 33.9 Å². The van der Waals surface area contributed by atoms with Gasteiger partial charge in [-0.05, 0) is 105 Å². The van der Waals surface area contributed by atoms with Gasteiger partial charge >= 0.3 is 0 Å². The molecule has 6 aromatic carbocycles. The lowest BCUT2D eigenvalue weighted by molar-refractivity contribution is 0.0938. The van der Waals surface area contributed by atoms with Gasteiger partial charge in [-0.3, -0.25) is 9.59 Å². The second kappa shape index (κ2) is 19.0. The SMILES string of the molecule is CCOc1ccc(C(NC(=O)c2ccc(-n3nc(-c4ccc(C(=O)NCCCNS(=O)(=O)c5ccc(C)cc5)cc4)c4ccccc43)cc2)c2ccc(OC)cc2OC)cc1. The molecule has 61 heavy (non-hydrogen) atoms. The molecule has 1 aromatic heterocycles. The maximum absolute atomic E-state index is 13.9. The number of carbonyl (C=O) groups is 2. The molecule has 1 heterocycles. The number of para-hydroxylation sites is 1. The third-order valence-electron chi connectivity index (χ3n) is 10.2. The Kier molecular flexibility index (Phi) is 13.1. The molecule has 0 saturated carbocycles. The van der Waals surface area contributed by atoms with Gasteiger partial charge in [0.05, 0.1) is 43.0 Å². The van der Waals surface area contributed by atoms with Crippen molar-refractivity contribution in [2.45, 2.75) is 31.2 Å². The summed E-state index contributed by atoms with van der Waals surface area (Å²) in [6, 6.07) is 41.6. The highest BCUT2D eigenvalue weighted by atomic mass is 32.2. The smallest absolute Gasteiger partial charge is 0.252 e. The Labute approximate surface area is 355 Å². The topological polar surface area (TPSA) is 150 Å². The summed E-state index contributed by atoms with van der Waals surface area (Å²) >= 11 is 0. The number of fused-ring (bicyclic) bond motifs is 1. The Morgan fingerprint density at radius 2 is 1.41 bits per heavy atom. The molecule has 1 unspecified atom stereocenters. The largest absolute Gasteiger partial charge is 0.497 e. The van der Waals surface area contributed by atoms with Crippen LogP contribution in [0.2, 0.25) is 0 Å². The van der Waals surface area contributed by atoms with Crippen molar-refractivity contribution >= 4 is 32.7 Å². The van der Waals surface area contributed by atoms with E-state index >= 15 is 0 Å². The van der Waals surface area contributed by atoms with Crippen LogP contribution >= 0.6 is 0 Å². The van der Waals surface area contributed by atoms with Crippen molar-refractivity contribution in [3.8, 4) is 34.2 Å². The van der Waals surface area contributed by atoms with Crippen molar-refractivity contribution < 1.29 is 32.2 Å². The van der Waals surface area contributed by atoms with E-state index in [-0.39, 0.29) is 23.3 Å². The summed E-state index contributed by atoms with van der Waals surface area (Å²) in [6.07, 6.45) is 0.424. The Hall–Kier alpha value is -6.96. The minimum absolute atomic E-state index is 0.187. The highest BCUT2D eigenvalue weighted by Gasteiger charge is 2.23. The van der Waals surface area contributed by atoms with Crippen molar-refractivity contribution in [1.82, 2.24) is 25.1 Å². The molecule has 2 amide bonds. The molecular weight excluding hydrogens is 791 g/mol. The molecule has 0 radical (unpaired) electrons. The average molecular weight is 838 g/mol. The van der Waals surface area contributed by atoms with E-state index in [2.05, 4.69) is 15.4 Å². The van der Waals surface area contributed by atoms with E-state index in [0.29, 0.717) is 42.2 Å². The number of nitrogens with one attached hydrogen (secondary N) is 3. The van der Waals surface area contributed by atoms with Crippen LogP contribution in [-0.2, 0) is 10.0 Å². The molecule has 0 saturated heterocycles. The van der Waals surface area contributed by atoms with Crippen molar-refractivity contribution in [3.63, 3.8) is 0 Å². The second-order valence-electron chi connectivity index (χ2n) is 14.2. The van der Waals surface area contributed by atoms with Gasteiger partial charge in [0.15, 0.2) is 0 Å². The number of carbonyl (C=O) groups excluding carboxylic acids is 2. The summed E-state index contributed by atoms with van der Waals surface area (Å²) in [5, 5.41) is 12.0. The lowest BCUT2D eigenvalue weighted by atomic mass is 9.97. The molecule has 12 nitrogen and oxygen atoms in total. The van der Waals surface area contributed by atoms with Crippen LogP contribution in [-0.4, -0.2) is 63.9 Å². The quantitative estimate of drug-likeness (QED) is 0.0781. The van der Waals surface area contributed by atoms with E-state index in [4.69, 9.17) is 19.3 Å². The third kappa shape index (κ3) is 9.75. The minimum atomic E-state index is -3.62. The summed E-state index contributed by atoms with van der Waals surface area (Å²) < 4.78 is 46.3. The summed E-state index contributed by atoms with van der Waals surface area (Å²) in [5.74, 6) is 1.40. The number of rotatable bonds is 17. The standard InChI is InChI=1S/C48H47N5O7S/c1-5-60-38-23-19-33(20-24-38)45(42-28-25-39(58-3)31-44(42)59-4)51-48(55)36-17-21-37(22-18-36)53-43-10-7-6-9-41(43)46(52-53)34-13-15-35(16-14-34)47(54)49-29-8-30-50-61(56,57)40-26-11-32(2)12-27-40/h6-7,9-28,31,45,50H,5,8,29-30H2,1-4H3,(H,49,54)(H,51,55). The fourth-order valence-electron chi connectivity index (χ4n) is 6.94. The molecule has 0 aliphatic carbocycles. The number of aromatic nitrogens is 2. The summed E-state index contributed by atoms with van der Waals surface area (Å²) in [7, 11) is -0.446. The number of aryl methyl sites for hydroxylation is 1. The zero-order chi connectivity index (χ0) is 42.9. The fraction of sp³-hybridized carbons (Fsp3) is 0.188. The van der Waals surface area contributed by atoms with Gasteiger partial charge in [0.1, 0.15) is 22.9 Å². The number of methoxy groups -OCH3 is 2. The second-order valence-corrected chi connectivity index (χ2v) is 16.0. The van der Waals surface area contributed by atoms with Crippen molar-refractivity contribution in [1.29, 1.82) is 0 Å². The Balaban J connectivity index is 1.04. The van der Waals surface area contributed by atoms with Crippen LogP contribution in [0.5, 0.6) is 17.2 Å². The van der Waals surface area contributed by atoms with Crippen LogP contribution in [0.25, 0.3) is 27.8 Å². The number of benzene rings is 6. The number of hydrogen-bond donors (Lipinski definition) is 3. The summed E-state index contributed by atoms with van der Waals surface area (Å²) in [6.45, 7) is 4.85. The highest BCUT2D eigenvalue weighted by Crippen LogP contribution is 2.35. The number of amides is 2. The number of ether oxygens (including phenoxy) is 3. The molecule has 0 bridgehead atoms. The molecule has 7 aromatic rings. The minimum Gasteiger partial charge on any atom is -0.497 e. The molecule has 13 heteroatoms. The van der Waals surface area contributed by atoms with E-state index in [0.717, 1.165) is 50.3 Å². The van der Waals surface area contributed by atoms with E-state index in [9.17, 15) is 18.0 Å². The fourth-order valence-corrected chi connectivity index (χ4v) is 8.02. The normalized spacial score (nSPS) is 11.8. The van der Waals surface area contributed by atoms with E-state index in [1.165, 1.54) is 0 Å². The predicted octanol–water partition coefficient (Wildman–Crippen LogP) is 8.03. The van der Waals surface area contributed by atoms with E-state index in [1.807, 2.05) is 103 Å². The lowest BCUT2D eigenvalue weighted by Crippen LogP contribution is -2.30. The first-order valence-corrected chi connectivity index (χ1v) is 21.4. The Morgan fingerprint density at radius 3 is 2.10 bits per heavy atom. The first-order chi connectivity index (χ1) is 29.6. The number of nitrogens with zero attached hydrogens (tertiary/aromatic N) is 2. The molecule has 1 atom stereocenters. The molecule has 0 aliphatic heterocycles. The van der Waals surface area contributed by atoms with Gasteiger partial charge < -0.3 is 24.8 Å². The maximum Gasteiger partial charge on any atom is 0.252 e. The number of hydrogen-bond acceptors (Lipinski definition) is 8. The van der Waals surface area contributed by atoms with Gasteiger partial charge in [0, 0.05) is 46.8 Å². The lowest BCUT2D eigenvalue weighted by Gasteiger charge is -2.23. The van der Waals surface area contributed by atoms with Crippen LogP contribution in [0, 0.1) is 6.92 Å². The van der Waals surface area contributed by atoms with Crippen molar-refractivity contribution in [2.24, 2.45) is 0 Å². The van der Waals surface area contributed by atoms with Crippen LogP contribution in [0.3, 0.4) is 0 Å². The zero-order valence-electron chi connectivity index (χ0n) is 34.3. The van der Waals surface area contributed by atoms with Gasteiger partial charge in [0.2, 0.25) is 10.0 Å². The highest BCUT2D eigenvalue weighted by molar-refractivity contribution is 7.89. The van der Waals surface area contributed by atoms with Crippen molar-refractivity contribution in [3.05, 3.63) is 167 Å². The van der Waals surface area contributed by atoms with Crippen LogP contribution < -0.4 is 29.6 Å². The van der Waals surface area contributed by atoms with Crippen LogP contribution in [0.1, 0.15) is 56.8 Å². The Morgan fingerprint density at radius 1 is 0.738 bits per heavy atom. The first-order valence-electron chi connectivity index (χ1n) is 19.9. The van der Waals surface area contributed by atoms with Gasteiger partial charge in [-0.2, -0.15) is 5.10 Å². The van der Waals surface area contributed by atoms with Gasteiger partial charge in [0.25, 0.3) is 11.8 Å². The summed E-state index contributed by atoms with van der Waals surface area (Å²) in [4.78, 5) is 27.1. The third-order valence-corrected chi connectivity index (χ3v) is 11.7. The molecule has 0 aliphatic rings. The average Bonchev–Trinajstić information content (AvgIpc) is 3.68. The van der Waals surface area contributed by atoms with Crippen LogP contribution in [0.15, 0.2) is 144 Å². The van der Waals surface area contributed by atoms with Gasteiger partial charge in [-0.25, -0.2) is 17.8 Å². The Bertz CT molecular complexity index is 2730. The molecule has 0 fully saturated rings. The van der Waals surface area contributed by atoms with Gasteiger partial charge in [-0.1, -0.05) is 60.2 Å². The molecule has 3 N–H and O–H groups in total. The van der Waals surface area contributed by atoms with Crippen LogP contribution in [0.4, 0.5) is 0 Å². The first kappa shape index (κ1) is 42.2. The monoisotopic (exact) mass is 837 g/mol. The maximum atomic E-state index is 13.9. The molecule has 7 rings (SSSR count). The van der Waals surface area contributed by atoms with E-state index < -0.39 is 16.1 Å². The predicted molar refractivity (Wildman–Crippen MR) is 236 cm³/mol. The molecular formula is C48H47N5O7S. The van der Waals surface area contributed by atoms with E-state index in [1.54, 1.807) is 68.8 Å². The number of sulfonamides is 1. The summed E-state index contributed by atoms with van der Waals surface area (Å²) in [5.41, 5.74) is 6.70. The van der Waals surface area contributed by atoms with Gasteiger partial charge in [-0.15, -0.1) is 0 Å². The molecule has 0 spiro atoms. The molecule has 312 valence electrons. The zero-order valence-corrected chi connectivity index (χ0v) is 35.2.